The molecule has 96 valence electrons. The van der Waals surface area contributed by atoms with Crippen LogP contribution in [0.15, 0.2) is 4.52 Å². The smallest absolute Gasteiger partial charge is 0.229 e. The maximum Gasteiger partial charge on any atom is 0.229 e. The lowest BCUT2D eigenvalue weighted by Crippen LogP contribution is -2.54. The van der Waals surface area contributed by atoms with Crippen molar-refractivity contribution in [2.45, 2.75) is 52.2 Å². The van der Waals surface area contributed by atoms with Gasteiger partial charge in [-0.25, -0.2) is 0 Å². The molecule has 0 amide bonds. The van der Waals surface area contributed by atoms with Crippen molar-refractivity contribution in [1.82, 2.24) is 20.4 Å². The first-order valence-corrected chi connectivity index (χ1v) is 6.37. The van der Waals surface area contributed by atoms with Crippen LogP contribution < -0.4 is 5.32 Å². The normalized spacial score (nSPS) is 26.6. The first-order chi connectivity index (χ1) is 8.08. The van der Waals surface area contributed by atoms with E-state index < -0.39 is 0 Å². The molecule has 2 heterocycles. The lowest BCUT2D eigenvalue weighted by molar-refractivity contribution is 0.104. The lowest BCUT2D eigenvalue weighted by atomic mass is 10.1. The van der Waals surface area contributed by atoms with Gasteiger partial charge >= 0.3 is 0 Å². The van der Waals surface area contributed by atoms with Crippen LogP contribution in [0.25, 0.3) is 0 Å². The van der Waals surface area contributed by atoms with Gasteiger partial charge in [-0.15, -0.1) is 0 Å². The van der Waals surface area contributed by atoms with Crippen molar-refractivity contribution < 1.29 is 4.52 Å². The summed E-state index contributed by atoms with van der Waals surface area (Å²) >= 11 is 0. The largest absolute Gasteiger partial charge is 0.339 e. The first kappa shape index (κ1) is 12.5. The molecule has 1 fully saturated rings. The SMILES string of the molecule is CC(C)c1nc(CN2C(C)CNCC2C)no1. The Balaban J connectivity index is 2.03. The highest BCUT2D eigenvalue weighted by atomic mass is 16.5. The quantitative estimate of drug-likeness (QED) is 0.862. The summed E-state index contributed by atoms with van der Waals surface area (Å²) in [5.41, 5.74) is 0. The Labute approximate surface area is 103 Å². The van der Waals surface area contributed by atoms with E-state index in [0.717, 1.165) is 31.3 Å². The van der Waals surface area contributed by atoms with E-state index in [1.807, 2.05) is 0 Å². The zero-order valence-corrected chi connectivity index (χ0v) is 11.1. The number of aromatic nitrogens is 2. The summed E-state index contributed by atoms with van der Waals surface area (Å²) in [6, 6.07) is 1.03. The molecule has 2 atom stereocenters. The van der Waals surface area contributed by atoms with Gasteiger partial charge in [0.1, 0.15) is 0 Å². The van der Waals surface area contributed by atoms with Crippen LogP contribution in [-0.4, -0.2) is 40.2 Å². The molecule has 0 aromatic carbocycles. The Kier molecular flexibility index (Phi) is 3.79. The van der Waals surface area contributed by atoms with E-state index in [9.17, 15) is 0 Å². The number of nitrogens with one attached hydrogen (secondary N) is 1. The van der Waals surface area contributed by atoms with E-state index in [4.69, 9.17) is 4.52 Å². The van der Waals surface area contributed by atoms with Gasteiger partial charge in [-0.2, -0.15) is 4.98 Å². The Hall–Kier alpha value is -0.940. The van der Waals surface area contributed by atoms with E-state index in [1.54, 1.807) is 0 Å². The topological polar surface area (TPSA) is 54.2 Å². The Morgan fingerprint density at radius 2 is 2.00 bits per heavy atom. The molecule has 1 aliphatic rings. The van der Waals surface area contributed by atoms with Crippen LogP contribution in [0.4, 0.5) is 0 Å². The third kappa shape index (κ3) is 2.84. The maximum absolute atomic E-state index is 5.23. The van der Waals surface area contributed by atoms with Gasteiger partial charge in [0, 0.05) is 31.1 Å². The van der Waals surface area contributed by atoms with Gasteiger partial charge in [-0.1, -0.05) is 19.0 Å². The van der Waals surface area contributed by atoms with E-state index in [2.05, 4.69) is 48.1 Å². The van der Waals surface area contributed by atoms with Crippen LogP contribution in [-0.2, 0) is 6.54 Å². The monoisotopic (exact) mass is 238 g/mol. The molecule has 1 aromatic heterocycles. The highest BCUT2D eigenvalue weighted by Gasteiger charge is 2.26. The number of rotatable bonds is 3. The first-order valence-electron chi connectivity index (χ1n) is 6.37. The van der Waals surface area contributed by atoms with Gasteiger partial charge in [0.05, 0.1) is 6.54 Å². The fraction of sp³-hybridized carbons (Fsp3) is 0.833. The molecule has 1 aromatic rings. The Morgan fingerprint density at radius 1 is 1.35 bits per heavy atom. The molecular weight excluding hydrogens is 216 g/mol. The molecule has 17 heavy (non-hydrogen) atoms. The van der Waals surface area contributed by atoms with Gasteiger partial charge in [-0.05, 0) is 13.8 Å². The van der Waals surface area contributed by atoms with Gasteiger partial charge in [0.25, 0.3) is 0 Å². The van der Waals surface area contributed by atoms with Crippen molar-refractivity contribution in [3.63, 3.8) is 0 Å². The minimum Gasteiger partial charge on any atom is -0.339 e. The molecule has 2 rings (SSSR count). The van der Waals surface area contributed by atoms with Crippen molar-refractivity contribution in [2.75, 3.05) is 13.1 Å². The average Bonchev–Trinajstić information content (AvgIpc) is 2.72. The summed E-state index contributed by atoms with van der Waals surface area (Å²) < 4.78 is 5.23. The third-order valence-electron chi connectivity index (χ3n) is 3.31. The standard InChI is InChI=1S/C12H22N4O/c1-8(2)12-14-11(15-17-12)7-16-9(3)5-13-6-10(16)4/h8-10,13H,5-7H2,1-4H3. The van der Waals surface area contributed by atoms with E-state index >= 15 is 0 Å². The van der Waals surface area contributed by atoms with Crippen molar-refractivity contribution in [2.24, 2.45) is 0 Å². The highest BCUT2D eigenvalue weighted by Crippen LogP contribution is 2.15. The van der Waals surface area contributed by atoms with Crippen LogP contribution in [0.3, 0.4) is 0 Å². The molecule has 0 spiro atoms. The van der Waals surface area contributed by atoms with E-state index in [1.165, 1.54) is 0 Å². The summed E-state index contributed by atoms with van der Waals surface area (Å²) in [6.07, 6.45) is 0. The second-order valence-electron chi connectivity index (χ2n) is 5.23. The molecule has 1 saturated heterocycles. The second kappa shape index (κ2) is 5.14. The van der Waals surface area contributed by atoms with Gasteiger partial charge in [0.15, 0.2) is 5.82 Å². The predicted octanol–water partition coefficient (Wildman–Crippen LogP) is 1.38. The number of nitrogens with zero attached hydrogens (tertiary/aromatic N) is 3. The van der Waals surface area contributed by atoms with E-state index in [0.29, 0.717) is 18.0 Å². The van der Waals surface area contributed by atoms with E-state index in [-0.39, 0.29) is 0 Å². The van der Waals surface area contributed by atoms with Gasteiger partial charge in [0.2, 0.25) is 5.89 Å². The molecule has 5 nitrogen and oxygen atoms in total. The number of piperazine rings is 1. The van der Waals surface area contributed by atoms with Crippen molar-refractivity contribution >= 4 is 0 Å². The zero-order valence-electron chi connectivity index (χ0n) is 11.1. The molecule has 0 aliphatic carbocycles. The fourth-order valence-corrected chi connectivity index (χ4v) is 2.21. The Bertz CT molecular complexity index is 353. The maximum atomic E-state index is 5.23. The molecular formula is C12H22N4O. The van der Waals surface area contributed by atoms with Crippen LogP contribution in [0.5, 0.6) is 0 Å². The molecule has 0 radical (unpaired) electrons. The van der Waals surface area contributed by atoms with Crippen LogP contribution >= 0.6 is 0 Å². The molecule has 0 saturated carbocycles. The summed E-state index contributed by atoms with van der Waals surface area (Å²) in [5, 5.41) is 7.47. The number of hydrogen-bond acceptors (Lipinski definition) is 5. The zero-order chi connectivity index (χ0) is 12.4. The molecule has 5 heteroatoms. The minimum atomic E-state index is 0.300. The summed E-state index contributed by atoms with van der Waals surface area (Å²) in [6.45, 7) is 11.4. The third-order valence-corrected chi connectivity index (χ3v) is 3.31. The molecule has 2 unspecified atom stereocenters. The van der Waals surface area contributed by atoms with Crippen molar-refractivity contribution in [3.05, 3.63) is 11.7 Å². The lowest BCUT2D eigenvalue weighted by Gasteiger charge is -2.38. The number of hydrogen-bond donors (Lipinski definition) is 1. The van der Waals surface area contributed by atoms with Crippen LogP contribution in [0, 0.1) is 0 Å². The summed E-state index contributed by atoms with van der Waals surface area (Å²) in [7, 11) is 0. The minimum absolute atomic E-state index is 0.300. The summed E-state index contributed by atoms with van der Waals surface area (Å²) in [5.74, 6) is 1.83. The molecule has 1 aliphatic heterocycles. The van der Waals surface area contributed by atoms with Crippen molar-refractivity contribution in [1.29, 1.82) is 0 Å². The average molecular weight is 238 g/mol. The predicted molar refractivity (Wildman–Crippen MR) is 65.7 cm³/mol. The van der Waals surface area contributed by atoms with Crippen LogP contribution in [0.1, 0.15) is 45.3 Å². The van der Waals surface area contributed by atoms with Crippen LogP contribution in [0.2, 0.25) is 0 Å². The van der Waals surface area contributed by atoms with Crippen molar-refractivity contribution in [3.8, 4) is 0 Å². The van der Waals surface area contributed by atoms with Gasteiger partial charge < -0.3 is 9.84 Å². The highest BCUT2D eigenvalue weighted by molar-refractivity contribution is 4.93. The second-order valence-corrected chi connectivity index (χ2v) is 5.23. The molecule has 0 bridgehead atoms. The summed E-state index contributed by atoms with van der Waals surface area (Å²) in [4.78, 5) is 6.85. The Morgan fingerprint density at radius 3 is 2.53 bits per heavy atom. The fourth-order valence-electron chi connectivity index (χ4n) is 2.21. The van der Waals surface area contributed by atoms with Gasteiger partial charge in [-0.3, -0.25) is 4.90 Å². The molecule has 1 N–H and O–H groups in total.